The maximum Gasteiger partial charge on any atom is 0.354 e. The predicted octanol–water partition coefficient (Wildman–Crippen LogP) is 4.11. The van der Waals surface area contributed by atoms with E-state index in [1.807, 2.05) is 44.3 Å². The second kappa shape index (κ2) is 9.28. The van der Waals surface area contributed by atoms with Crippen LogP contribution < -0.4 is 15.8 Å². The summed E-state index contributed by atoms with van der Waals surface area (Å²) in [5.74, 6) is -0.418. The van der Waals surface area contributed by atoms with Gasteiger partial charge >= 0.3 is 5.97 Å². The lowest BCUT2D eigenvalue weighted by Gasteiger charge is -2.15. The molecular weight excluding hydrogens is 378 g/mol. The number of hydrogen-bond acceptors (Lipinski definition) is 5. The van der Waals surface area contributed by atoms with E-state index in [1.165, 1.54) is 7.05 Å². The molecule has 0 unspecified atom stereocenters. The Hall–Kier alpha value is -2.99. The minimum Gasteiger partial charge on any atom is -0.488 e. The highest BCUT2D eigenvalue weighted by Gasteiger charge is 2.15. The average Bonchev–Trinajstić information content (AvgIpc) is 2.67. The minimum atomic E-state index is -1.11. The van der Waals surface area contributed by atoms with Gasteiger partial charge in [0.05, 0.1) is 0 Å². The number of aliphatic carboxylic acids is 1. The summed E-state index contributed by atoms with van der Waals surface area (Å²) in [5, 5.41) is 13.0. The van der Waals surface area contributed by atoms with Crippen molar-refractivity contribution in [3.8, 4) is 5.75 Å². The van der Waals surface area contributed by atoms with Crippen LogP contribution in [0.1, 0.15) is 23.6 Å². The molecule has 0 atom stereocenters. The fraction of sp³-hybridized carbons (Fsp3) is 0.238. The lowest BCUT2D eigenvalue weighted by Crippen LogP contribution is -2.17. The summed E-state index contributed by atoms with van der Waals surface area (Å²) in [6, 6.07) is 11.1. The number of nitrogens with zero attached hydrogens (tertiary/aromatic N) is 1. The van der Waals surface area contributed by atoms with Gasteiger partial charge in [-0.3, -0.25) is 4.99 Å². The Morgan fingerprint density at radius 1 is 1.32 bits per heavy atom. The van der Waals surface area contributed by atoms with Crippen LogP contribution in [-0.2, 0) is 11.4 Å². The van der Waals surface area contributed by atoms with Crippen LogP contribution >= 0.6 is 11.6 Å². The van der Waals surface area contributed by atoms with Crippen LogP contribution in [0.25, 0.3) is 5.70 Å². The molecule has 0 aliphatic carbocycles. The smallest absolute Gasteiger partial charge is 0.354 e. The Morgan fingerprint density at radius 2 is 2.04 bits per heavy atom. The number of carboxylic acid groups (broad SMARTS) is 1. The van der Waals surface area contributed by atoms with Crippen molar-refractivity contribution in [2.75, 3.05) is 19.4 Å². The van der Waals surface area contributed by atoms with Crippen molar-refractivity contribution < 1.29 is 14.6 Å². The van der Waals surface area contributed by atoms with Gasteiger partial charge < -0.3 is 20.9 Å². The minimum absolute atomic E-state index is 0.0613. The van der Waals surface area contributed by atoms with E-state index in [9.17, 15) is 9.90 Å². The molecule has 28 heavy (non-hydrogen) atoms. The standard InChI is InChI=1S/C21H24ClN3O3/c1-12-10-14(19(23)13(2)20(25-4)21(26)27)8-9-18(12)28-11-15-16(22)6-5-7-17(15)24-3/h5-10,24H,11,23H2,1-4H3,(H,26,27). The number of benzene rings is 2. The Balaban J connectivity index is 2.27. The number of aryl methyl sites for hydroxylation is 1. The van der Waals surface area contributed by atoms with E-state index >= 15 is 0 Å². The van der Waals surface area contributed by atoms with Gasteiger partial charge in [-0.2, -0.15) is 0 Å². The number of carbonyl (C=O) groups is 1. The van der Waals surface area contributed by atoms with E-state index in [1.54, 1.807) is 13.0 Å². The molecule has 0 fully saturated rings. The molecule has 2 aromatic rings. The zero-order valence-electron chi connectivity index (χ0n) is 16.3. The van der Waals surface area contributed by atoms with Crippen LogP contribution in [0.15, 0.2) is 47.0 Å². The van der Waals surface area contributed by atoms with Crippen molar-refractivity contribution in [1.29, 1.82) is 0 Å². The quantitative estimate of drug-likeness (QED) is 0.606. The molecule has 0 aliphatic rings. The molecule has 4 N–H and O–H groups in total. The molecule has 0 heterocycles. The molecule has 0 saturated heterocycles. The number of carboxylic acids is 1. The first-order valence-corrected chi connectivity index (χ1v) is 9.03. The van der Waals surface area contributed by atoms with E-state index in [-0.39, 0.29) is 5.71 Å². The molecule has 2 aromatic carbocycles. The van der Waals surface area contributed by atoms with Crippen molar-refractivity contribution in [1.82, 2.24) is 0 Å². The molecule has 0 saturated carbocycles. The zero-order valence-corrected chi connectivity index (χ0v) is 17.1. The van der Waals surface area contributed by atoms with Gasteiger partial charge in [-0.15, -0.1) is 0 Å². The van der Waals surface area contributed by atoms with Crippen molar-refractivity contribution in [3.05, 3.63) is 63.7 Å². The monoisotopic (exact) mass is 401 g/mol. The Kier molecular flexibility index (Phi) is 7.06. The van der Waals surface area contributed by atoms with E-state index in [4.69, 9.17) is 22.1 Å². The van der Waals surface area contributed by atoms with Crippen molar-refractivity contribution in [3.63, 3.8) is 0 Å². The number of hydrogen-bond donors (Lipinski definition) is 3. The first-order chi connectivity index (χ1) is 13.3. The van der Waals surface area contributed by atoms with Gasteiger partial charge in [0.15, 0.2) is 0 Å². The second-order valence-corrected chi connectivity index (χ2v) is 6.61. The fourth-order valence-corrected chi connectivity index (χ4v) is 3.07. The van der Waals surface area contributed by atoms with Crippen LogP contribution in [-0.4, -0.2) is 30.9 Å². The first kappa shape index (κ1) is 21.3. The number of anilines is 1. The van der Waals surface area contributed by atoms with Crippen LogP contribution in [0.4, 0.5) is 5.69 Å². The molecule has 7 heteroatoms. The normalized spacial score (nSPS) is 12.4. The van der Waals surface area contributed by atoms with Gasteiger partial charge in [0, 0.05) is 41.6 Å². The summed E-state index contributed by atoms with van der Waals surface area (Å²) in [5.41, 5.74) is 10.2. The molecule has 0 aliphatic heterocycles. The van der Waals surface area contributed by atoms with Gasteiger partial charge in [0.1, 0.15) is 18.1 Å². The van der Waals surface area contributed by atoms with E-state index in [0.29, 0.717) is 34.2 Å². The maximum absolute atomic E-state index is 11.3. The predicted molar refractivity (Wildman–Crippen MR) is 114 cm³/mol. The fourth-order valence-electron chi connectivity index (χ4n) is 2.84. The molecule has 0 bridgehead atoms. The maximum atomic E-state index is 11.3. The number of ether oxygens (including phenoxy) is 1. The third-order valence-electron chi connectivity index (χ3n) is 4.43. The van der Waals surface area contributed by atoms with Gasteiger partial charge in [-0.05, 0) is 55.3 Å². The van der Waals surface area contributed by atoms with Crippen LogP contribution in [0.5, 0.6) is 5.75 Å². The highest BCUT2D eigenvalue weighted by molar-refractivity contribution is 6.43. The molecular formula is C21H24ClN3O3. The topological polar surface area (TPSA) is 96.9 Å². The van der Waals surface area contributed by atoms with Gasteiger partial charge in [0.25, 0.3) is 0 Å². The van der Waals surface area contributed by atoms with Crippen LogP contribution in [0.3, 0.4) is 0 Å². The van der Waals surface area contributed by atoms with Crippen molar-refractivity contribution in [2.24, 2.45) is 10.7 Å². The molecule has 0 radical (unpaired) electrons. The summed E-state index contributed by atoms with van der Waals surface area (Å²) in [6.45, 7) is 3.85. The van der Waals surface area contributed by atoms with Gasteiger partial charge in [-0.1, -0.05) is 17.7 Å². The van der Waals surface area contributed by atoms with Crippen molar-refractivity contribution in [2.45, 2.75) is 20.5 Å². The molecule has 0 amide bonds. The zero-order chi connectivity index (χ0) is 20.8. The van der Waals surface area contributed by atoms with Gasteiger partial charge in [0.2, 0.25) is 0 Å². The molecule has 148 valence electrons. The first-order valence-electron chi connectivity index (χ1n) is 8.65. The van der Waals surface area contributed by atoms with E-state index < -0.39 is 5.97 Å². The molecule has 2 rings (SSSR count). The van der Waals surface area contributed by atoms with E-state index in [0.717, 1.165) is 16.8 Å². The lowest BCUT2D eigenvalue weighted by atomic mass is 10.0. The van der Waals surface area contributed by atoms with E-state index in [2.05, 4.69) is 10.3 Å². The largest absolute Gasteiger partial charge is 0.488 e. The Labute approximate surface area is 169 Å². The number of halogens is 1. The third-order valence-corrected chi connectivity index (χ3v) is 4.79. The molecule has 0 spiro atoms. The summed E-state index contributed by atoms with van der Waals surface area (Å²) in [6.07, 6.45) is 0. The number of aliphatic imine (C=N–C) groups is 1. The van der Waals surface area contributed by atoms with Crippen molar-refractivity contribution >= 4 is 34.7 Å². The third kappa shape index (κ3) is 4.64. The number of nitrogens with two attached hydrogens (primary N) is 1. The summed E-state index contributed by atoms with van der Waals surface area (Å²) >= 11 is 6.28. The summed E-state index contributed by atoms with van der Waals surface area (Å²) in [4.78, 5) is 15.1. The summed E-state index contributed by atoms with van der Waals surface area (Å²) in [7, 11) is 3.26. The highest BCUT2D eigenvalue weighted by atomic mass is 35.5. The SMILES string of the molecule is CN=C(C(=O)O)C(C)=C(N)c1ccc(OCc2c(Cl)cccc2NC)c(C)c1. The highest BCUT2D eigenvalue weighted by Crippen LogP contribution is 2.28. The lowest BCUT2D eigenvalue weighted by molar-refractivity contribution is -0.129. The summed E-state index contributed by atoms with van der Waals surface area (Å²) < 4.78 is 5.95. The number of nitrogens with one attached hydrogen (secondary N) is 1. The Morgan fingerprint density at radius 3 is 2.61 bits per heavy atom. The van der Waals surface area contributed by atoms with Gasteiger partial charge in [-0.25, -0.2) is 4.79 Å². The van der Waals surface area contributed by atoms with Crippen LogP contribution in [0, 0.1) is 6.92 Å². The molecule has 0 aromatic heterocycles. The molecule has 6 nitrogen and oxygen atoms in total. The number of rotatable bonds is 7. The second-order valence-electron chi connectivity index (χ2n) is 6.20. The average molecular weight is 402 g/mol. The van der Waals surface area contributed by atoms with Crippen LogP contribution in [0.2, 0.25) is 5.02 Å². The Bertz CT molecular complexity index is 952.